The topological polar surface area (TPSA) is 86.4 Å². The molecular weight excluding hydrogens is 358 g/mol. The summed E-state index contributed by atoms with van der Waals surface area (Å²) in [7, 11) is 1.30. The molecule has 0 aliphatic carbocycles. The maximum atomic E-state index is 12.3. The monoisotopic (exact) mass is 373 g/mol. The van der Waals surface area contributed by atoms with Gasteiger partial charge in [0.2, 0.25) is 0 Å². The van der Waals surface area contributed by atoms with Crippen LogP contribution in [0.5, 0.6) is 0 Å². The van der Waals surface area contributed by atoms with Crippen LogP contribution in [-0.4, -0.2) is 35.3 Å². The summed E-state index contributed by atoms with van der Waals surface area (Å²) in [6.45, 7) is 0.162. The number of benzene rings is 1. The van der Waals surface area contributed by atoms with E-state index in [0.717, 1.165) is 5.69 Å². The standard InChI is InChI=1S/C18H16ClN3O4/c1-25-17(23)8-9-20-18(24)14-11-15(16-3-2-10-26-16)22(21-14)13-6-4-12(19)5-7-13/h2-7,10-11H,8-9H2,1H3,(H,20,24). The number of halogens is 1. The molecule has 1 N–H and O–H groups in total. The number of hydrogen-bond donors (Lipinski definition) is 1. The summed E-state index contributed by atoms with van der Waals surface area (Å²) in [4.78, 5) is 23.5. The molecule has 0 saturated carbocycles. The molecule has 0 bridgehead atoms. The van der Waals surface area contributed by atoms with Crippen LogP contribution in [0.3, 0.4) is 0 Å². The van der Waals surface area contributed by atoms with Gasteiger partial charge >= 0.3 is 5.97 Å². The lowest BCUT2D eigenvalue weighted by Crippen LogP contribution is -2.26. The third-order valence-corrected chi connectivity index (χ3v) is 3.88. The second-order valence-electron chi connectivity index (χ2n) is 5.36. The number of ether oxygens (including phenoxy) is 1. The molecular formula is C18H16ClN3O4. The zero-order valence-corrected chi connectivity index (χ0v) is 14.7. The minimum absolute atomic E-state index is 0.0885. The number of aromatic nitrogens is 2. The molecule has 134 valence electrons. The third kappa shape index (κ3) is 3.94. The number of carbonyl (C=O) groups excluding carboxylic acids is 2. The van der Waals surface area contributed by atoms with Gasteiger partial charge in [0, 0.05) is 17.6 Å². The van der Waals surface area contributed by atoms with Crippen LogP contribution in [0.25, 0.3) is 17.1 Å². The quantitative estimate of drug-likeness (QED) is 0.671. The Balaban J connectivity index is 1.88. The van der Waals surface area contributed by atoms with Gasteiger partial charge in [-0.25, -0.2) is 4.68 Å². The van der Waals surface area contributed by atoms with E-state index in [4.69, 9.17) is 16.0 Å². The lowest BCUT2D eigenvalue weighted by molar-refractivity contribution is -0.140. The summed E-state index contributed by atoms with van der Waals surface area (Å²) >= 11 is 5.94. The van der Waals surface area contributed by atoms with E-state index in [1.807, 2.05) is 0 Å². The Kier molecular flexibility index (Phi) is 5.38. The number of esters is 1. The van der Waals surface area contributed by atoms with Crippen molar-refractivity contribution in [1.82, 2.24) is 15.1 Å². The largest absolute Gasteiger partial charge is 0.469 e. The molecule has 26 heavy (non-hydrogen) atoms. The van der Waals surface area contributed by atoms with Gasteiger partial charge in [-0.05, 0) is 36.4 Å². The molecule has 7 nitrogen and oxygen atoms in total. The van der Waals surface area contributed by atoms with Crippen molar-refractivity contribution in [2.45, 2.75) is 6.42 Å². The highest BCUT2D eigenvalue weighted by Gasteiger charge is 2.18. The fourth-order valence-electron chi connectivity index (χ4n) is 2.34. The average Bonchev–Trinajstić information content (AvgIpc) is 3.31. The molecule has 8 heteroatoms. The van der Waals surface area contributed by atoms with E-state index >= 15 is 0 Å². The van der Waals surface area contributed by atoms with Crippen molar-refractivity contribution >= 4 is 23.5 Å². The second kappa shape index (κ2) is 7.88. The second-order valence-corrected chi connectivity index (χ2v) is 5.80. The predicted molar refractivity (Wildman–Crippen MR) is 95.2 cm³/mol. The molecule has 0 saturated heterocycles. The Morgan fingerprint density at radius 2 is 2.04 bits per heavy atom. The molecule has 0 aliphatic rings. The Labute approximate surface area is 154 Å². The normalized spacial score (nSPS) is 10.5. The minimum atomic E-state index is -0.395. The maximum Gasteiger partial charge on any atom is 0.307 e. The third-order valence-electron chi connectivity index (χ3n) is 3.63. The van der Waals surface area contributed by atoms with E-state index in [1.165, 1.54) is 7.11 Å². The molecule has 0 aliphatic heterocycles. The fourth-order valence-corrected chi connectivity index (χ4v) is 2.47. The van der Waals surface area contributed by atoms with Gasteiger partial charge < -0.3 is 14.5 Å². The van der Waals surface area contributed by atoms with E-state index in [9.17, 15) is 9.59 Å². The zero-order chi connectivity index (χ0) is 18.5. The van der Waals surface area contributed by atoms with Crippen molar-refractivity contribution in [3.8, 4) is 17.1 Å². The molecule has 0 radical (unpaired) electrons. The van der Waals surface area contributed by atoms with E-state index in [2.05, 4.69) is 15.2 Å². The number of nitrogens with zero attached hydrogens (tertiary/aromatic N) is 2. The number of carbonyl (C=O) groups is 2. The van der Waals surface area contributed by atoms with Crippen molar-refractivity contribution in [2.24, 2.45) is 0 Å². The lowest BCUT2D eigenvalue weighted by atomic mass is 10.2. The van der Waals surface area contributed by atoms with Crippen molar-refractivity contribution in [1.29, 1.82) is 0 Å². The van der Waals surface area contributed by atoms with E-state index < -0.39 is 11.9 Å². The number of rotatable bonds is 6. The van der Waals surface area contributed by atoms with E-state index in [1.54, 1.807) is 53.4 Å². The van der Waals surface area contributed by atoms with Crippen LogP contribution in [-0.2, 0) is 9.53 Å². The predicted octanol–water partition coefficient (Wildman–Crippen LogP) is 3.08. The first-order chi connectivity index (χ1) is 12.6. The molecule has 0 unspecified atom stereocenters. The van der Waals surface area contributed by atoms with Crippen LogP contribution in [0.15, 0.2) is 53.1 Å². The summed E-state index contributed by atoms with van der Waals surface area (Å²) in [5, 5.41) is 7.61. The van der Waals surface area contributed by atoms with Gasteiger partial charge in [-0.1, -0.05) is 11.6 Å². The Morgan fingerprint density at radius 3 is 2.69 bits per heavy atom. The maximum absolute atomic E-state index is 12.3. The van der Waals surface area contributed by atoms with Crippen LogP contribution >= 0.6 is 11.6 Å². The summed E-state index contributed by atoms with van der Waals surface area (Å²) in [5.74, 6) is -0.219. The fraction of sp³-hybridized carbons (Fsp3) is 0.167. The first-order valence-electron chi connectivity index (χ1n) is 7.83. The molecule has 0 fully saturated rings. The van der Waals surface area contributed by atoms with Crippen LogP contribution in [0.1, 0.15) is 16.9 Å². The van der Waals surface area contributed by atoms with Gasteiger partial charge in [0.05, 0.1) is 25.5 Å². The highest BCUT2D eigenvalue weighted by atomic mass is 35.5. The molecule has 1 aromatic carbocycles. The van der Waals surface area contributed by atoms with Crippen LogP contribution in [0, 0.1) is 0 Å². The summed E-state index contributed by atoms with van der Waals surface area (Å²) < 4.78 is 11.6. The first-order valence-corrected chi connectivity index (χ1v) is 8.21. The minimum Gasteiger partial charge on any atom is -0.469 e. The molecule has 0 spiro atoms. The van der Waals surface area contributed by atoms with E-state index in [0.29, 0.717) is 16.5 Å². The lowest BCUT2D eigenvalue weighted by Gasteiger charge is -2.05. The van der Waals surface area contributed by atoms with Crippen LogP contribution in [0.2, 0.25) is 5.02 Å². The zero-order valence-electron chi connectivity index (χ0n) is 13.9. The highest BCUT2D eigenvalue weighted by molar-refractivity contribution is 6.30. The van der Waals surface area contributed by atoms with Crippen molar-refractivity contribution in [3.63, 3.8) is 0 Å². The van der Waals surface area contributed by atoms with Gasteiger partial charge in [-0.3, -0.25) is 9.59 Å². The molecule has 3 aromatic rings. The van der Waals surface area contributed by atoms with Crippen molar-refractivity contribution in [3.05, 3.63) is 59.4 Å². The SMILES string of the molecule is COC(=O)CCNC(=O)c1cc(-c2ccco2)n(-c2ccc(Cl)cc2)n1. The smallest absolute Gasteiger partial charge is 0.307 e. The molecule has 1 amide bonds. The van der Waals surface area contributed by atoms with Gasteiger partial charge in [0.15, 0.2) is 11.5 Å². The Hall–Kier alpha value is -3.06. The van der Waals surface area contributed by atoms with Gasteiger partial charge in [0.25, 0.3) is 5.91 Å². The summed E-state index contributed by atoms with van der Waals surface area (Å²) in [5.41, 5.74) is 1.56. The molecule has 0 atom stereocenters. The number of amides is 1. The summed E-state index contributed by atoms with van der Waals surface area (Å²) in [6, 6.07) is 12.2. The van der Waals surface area contributed by atoms with E-state index in [-0.39, 0.29) is 18.7 Å². The Bertz CT molecular complexity index is 901. The Morgan fingerprint density at radius 1 is 1.27 bits per heavy atom. The van der Waals surface area contributed by atoms with Crippen molar-refractivity contribution < 1.29 is 18.7 Å². The molecule has 2 heterocycles. The van der Waals surface area contributed by atoms with Gasteiger partial charge in [-0.2, -0.15) is 5.10 Å². The molecule has 3 rings (SSSR count). The molecule has 2 aromatic heterocycles. The van der Waals surface area contributed by atoms with Crippen LogP contribution < -0.4 is 5.32 Å². The first kappa shape index (κ1) is 17.8. The number of methoxy groups -OCH3 is 1. The average molecular weight is 374 g/mol. The van der Waals surface area contributed by atoms with Gasteiger partial charge in [0.1, 0.15) is 5.69 Å². The number of furan rings is 1. The number of nitrogens with one attached hydrogen (secondary N) is 1. The van der Waals surface area contributed by atoms with Crippen LogP contribution in [0.4, 0.5) is 0 Å². The van der Waals surface area contributed by atoms with Gasteiger partial charge in [-0.15, -0.1) is 0 Å². The number of hydrogen-bond acceptors (Lipinski definition) is 5. The highest BCUT2D eigenvalue weighted by Crippen LogP contribution is 2.25. The summed E-state index contributed by atoms with van der Waals surface area (Å²) in [6.07, 6.45) is 1.63. The van der Waals surface area contributed by atoms with Crippen molar-refractivity contribution in [2.75, 3.05) is 13.7 Å².